The van der Waals surface area contributed by atoms with E-state index in [0.29, 0.717) is 5.02 Å². The molecule has 9 heteroatoms. The van der Waals surface area contributed by atoms with E-state index in [4.69, 9.17) is 11.6 Å². The Morgan fingerprint density at radius 2 is 2.10 bits per heavy atom. The van der Waals surface area contributed by atoms with Crippen LogP contribution in [0, 0.1) is 10.1 Å². The van der Waals surface area contributed by atoms with Crippen LogP contribution in [0.5, 0.6) is 0 Å². The van der Waals surface area contributed by atoms with Crippen molar-refractivity contribution in [3.63, 3.8) is 0 Å². The normalized spacial score (nSPS) is 10.5. The Balaban J connectivity index is 2.31. The van der Waals surface area contributed by atoms with E-state index in [9.17, 15) is 14.9 Å². The lowest BCUT2D eigenvalue weighted by atomic mass is 10.4. The fraction of sp³-hybridized carbons (Fsp3) is 0.182. The summed E-state index contributed by atoms with van der Waals surface area (Å²) in [5.74, 6) is -0.689. The van der Waals surface area contributed by atoms with Gasteiger partial charge in [0.1, 0.15) is 6.54 Å². The van der Waals surface area contributed by atoms with Crippen molar-refractivity contribution in [2.45, 2.75) is 23.5 Å². The molecule has 1 aromatic heterocycles. The second-order valence-electron chi connectivity index (χ2n) is 3.87. The van der Waals surface area contributed by atoms with Crippen molar-refractivity contribution >= 4 is 35.1 Å². The van der Waals surface area contributed by atoms with E-state index in [-0.39, 0.29) is 17.5 Å². The number of hydrogen-bond acceptors (Lipinski definition) is 6. The Bertz CT molecular complexity index is 656. The Morgan fingerprint density at radius 1 is 1.45 bits per heavy atom. The molecule has 0 aliphatic heterocycles. The lowest BCUT2D eigenvalue weighted by Gasteiger charge is -1.99. The molecule has 2 aromatic rings. The molecule has 0 N–H and O–H groups in total. The zero-order valence-electron chi connectivity index (χ0n) is 10.3. The maximum Gasteiger partial charge on any atom is 0.492 e. The number of Topliss-reactive ketones (excluding diaryl/α,β-unsaturated/α-hetero) is 1. The molecular formula is C11H9ClN4O3S. The lowest BCUT2D eigenvalue weighted by Crippen LogP contribution is -2.09. The van der Waals surface area contributed by atoms with E-state index in [2.05, 4.69) is 10.1 Å². The minimum Gasteiger partial charge on any atom is -0.390 e. The van der Waals surface area contributed by atoms with Crippen molar-refractivity contribution in [1.82, 2.24) is 14.8 Å². The predicted molar refractivity (Wildman–Crippen MR) is 72.9 cm³/mol. The molecule has 0 amide bonds. The molecule has 0 atom stereocenters. The molecule has 0 saturated heterocycles. The van der Waals surface area contributed by atoms with E-state index >= 15 is 0 Å². The molecule has 1 aromatic carbocycles. The molecular weight excluding hydrogens is 304 g/mol. The minimum absolute atomic E-state index is 0.0588. The van der Waals surface area contributed by atoms with E-state index < -0.39 is 10.9 Å². The van der Waals surface area contributed by atoms with E-state index in [1.165, 1.54) is 23.4 Å². The summed E-state index contributed by atoms with van der Waals surface area (Å²) in [5.41, 5.74) is 0. The minimum atomic E-state index is -0.692. The molecule has 0 unspecified atom stereocenters. The summed E-state index contributed by atoms with van der Waals surface area (Å²) in [7, 11) is 0. The van der Waals surface area contributed by atoms with Crippen LogP contribution in [-0.4, -0.2) is 25.5 Å². The van der Waals surface area contributed by atoms with Gasteiger partial charge in [0.2, 0.25) is 0 Å². The zero-order valence-corrected chi connectivity index (χ0v) is 11.9. The first-order valence-corrected chi connectivity index (χ1v) is 6.67. The molecule has 104 valence electrons. The molecule has 0 bridgehead atoms. The van der Waals surface area contributed by atoms with Crippen LogP contribution in [0.15, 0.2) is 34.3 Å². The van der Waals surface area contributed by atoms with E-state index in [0.717, 1.165) is 4.90 Å². The van der Waals surface area contributed by atoms with Gasteiger partial charge in [-0.1, -0.05) is 11.6 Å². The van der Waals surface area contributed by atoms with E-state index in [1.54, 1.807) is 24.3 Å². The highest BCUT2D eigenvalue weighted by Crippen LogP contribution is 2.28. The van der Waals surface area contributed by atoms with Crippen LogP contribution in [0.1, 0.15) is 6.92 Å². The molecule has 20 heavy (non-hydrogen) atoms. The summed E-state index contributed by atoms with van der Waals surface area (Å²) in [6, 6.07) is 6.91. The van der Waals surface area contributed by atoms with Crippen LogP contribution in [-0.2, 0) is 11.3 Å². The standard InChI is InChI=1S/C11H9ClN4O3S/c1-7(17)6-15-11(13-10(14-15)16(18)19)20-9-4-2-8(12)3-5-9/h2-5H,6H2,1H3. The Kier molecular flexibility index (Phi) is 4.35. The van der Waals surface area contributed by atoms with Gasteiger partial charge in [-0.15, -0.1) is 0 Å². The average Bonchev–Trinajstić information content (AvgIpc) is 2.75. The van der Waals surface area contributed by atoms with Gasteiger partial charge in [0, 0.05) is 15.0 Å². The molecule has 7 nitrogen and oxygen atoms in total. The third-order valence-electron chi connectivity index (χ3n) is 2.19. The van der Waals surface area contributed by atoms with Gasteiger partial charge in [0.15, 0.2) is 5.78 Å². The fourth-order valence-electron chi connectivity index (χ4n) is 1.39. The van der Waals surface area contributed by atoms with Crippen molar-refractivity contribution in [3.05, 3.63) is 39.4 Å². The first kappa shape index (κ1) is 14.5. The van der Waals surface area contributed by atoms with Gasteiger partial charge in [-0.25, -0.2) is 0 Å². The van der Waals surface area contributed by atoms with Gasteiger partial charge in [-0.2, -0.15) is 4.68 Å². The monoisotopic (exact) mass is 312 g/mol. The van der Waals surface area contributed by atoms with Crippen LogP contribution in [0.2, 0.25) is 5.02 Å². The largest absolute Gasteiger partial charge is 0.492 e. The maximum absolute atomic E-state index is 11.2. The highest BCUT2D eigenvalue weighted by molar-refractivity contribution is 7.99. The topological polar surface area (TPSA) is 90.9 Å². The number of rotatable bonds is 5. The molecule has 0 saturated carbocycles. The summed E-state index contributed by atoms with van der Waals surface area (Å²) in [5, 5.41) is 15.3. The summed E-state index contributed by atoms with van der Waals surface area (Å²) in [6.07, 6.45) is 0. The van der Waals surface area contributed by atoms with Crippen LogP contribution in [0.25, 0.3) is 0 Å². The van der Waals surface area contributed by atoms with Gasteiger partial charge < -0.3 is 10.1 Å². The second kappa shape index (κ2) is 6.02. The number of carbonyl (C=O) groups excluding carboxylic acids is 1. The van der Waals surface area contributed by atoms with Crippen molar-refractivity contribution in [3.8, 4) is 0 Å². The number of ketones is 1. The van der Waals surface area contributed by atoms with Crippen molar-refractivity contribution in [2.24, 2.45) is 0 Å². The van der Waals surface area contributed by atoms with Gasteiger partial charge in [0.05, 0.1) is 0 Å². The number of hydrogen-bond donors (Lipinski definition) is 0. The number of benzene rings is 1. The summed E-state index contributed by atoms with van der Waals surface area (Å²) < 4.78 is 1.22. The molecule has 0 radical (unpaired) electrons. The Morgan fingerprint density at radius 3 is 2.65 bits per heavy atom. The quantitative estimate of drug-likeness (QED) is 0.622. The van der Waals surface area contributed by atoms with Crippen LogP contribution >= 0.6 is 23.4 Å². The average molecular weight is 313 g/mol. The van der Waals surface area contributed by atoms with Crippen LogP contribution in [0.3, 0.4) is 0 Å². The number of nitrogens with zero attached hydrogens (tertiary/aromatic N) is 4. The van der Waals surface area contributed by atoms with Crippen molar-refractivity contribution in [1.29, 1.82) is 0 Å². The van der Waals surface area contributed by atoms with Gasteiger partial charge in [-0.05, 0) is 52.9 Å². The second-order valence-corrected chi connectivity index (χ2v) is 5.34. The van der Waals surface area contributed by atoms with Gasteiger partial charge >= 0.3 is 5.95 Å². The summed E-state index contributed by atoms with van der Waals surface area (Å²) in [4.78, 5) is 25.8. The first-order valence-electron chi connectivity index (χ1n) is 5.48. The third kappa shape index (κ3) is 3.55. The molecule has 0 aliphatic carbocycles. The van der Waals surface area contributed by atoms with Crippen molar-refractivity contribution in [2.75, 3.05) is 0 Å². The predicted octanol–water partition coefficient (Wildman–Crippen LogP) is 2.58. The molecule has 0 aliphatic rings. The highest BCUT2D eigenvalue weighted by Gasteiger charge is 2.23. The summed E-state index contributed by atoms with van der Waals surface area (Å²) in [6.45, 7) is 1.32. The fourth-order valence-corrected chi connectivity index (χ4v) is 2.34. The van der Waals surface area contributed by atoms with Gasteiger partial charge in [-0.3, -0.25) is 4.79 Å². The SMILES string of the molecule is CC(=O)Cn1nc([N+](=O)[O-])nc1Sc1ccc(Cl)cc1. The first-order chi connectivity index (χ1) is 9.45. The summed E-state index contributed by atoms with van der Waals surface area (Å²) >= 11 is 6.96. The number of carbonyl (C=O) groups is 1. The van der Waals surface area contributed by atoms with Crippen molar-refractivity contribution < 1.29 is 9.72 Å². The maximum atomic E-state index is 11.2. The molecule has 0 fully saturated rings. The van der Waals surface area contributed by atoms with Gasteiger partial charge in [0.25, 0.3) is 5.16 Å². The smallest absolute Gasteiger partial charge is 0.390 e. The zero-order chi connectivity index (χ0) is 14.7. The van der Waals surface area contributed by atoms with Crippen LogP contribution in [0.4, 0.5) is 5.95 Å². The molecule has 1 heterocycles. The lowest BCUT2D eigenvalue weighted by molar-refractivity contribution is -0.394. The number of halogens is 1. The highest BCUT2D eigenvalue weighted by atomic mass is 35.5. The molecule has 2 rings (SSSR count). The Labute approximate surface area is 123 Å². The number of nitro groups is 1. The number of aromatic nitrogens is 3. The third-order valence-corrected chi connectivity index (χ3v) is 3.43. The molecule has 0 spiro atoms. The Hall–Kier alpha value is -1.93. The van der Waals surface area contributed by atoms with Crippen LogP contribution < -0.4 is 0 Å². The van der Waals surface area contributed by atoms with E-state index in [1.807, 2.05) is 0 Å².